The van der Waals surface area contributed by atoms with Crippen LogP contribution in [0.15, 0.2) is 10.7 Å². The first-order valence-electron chi connectivity index (χ1n) is 6.88. The second-order valence-corrected chi connectivity index (χ2v) is 5.70. The molecule has 0 aliphatic carbocycles. The third-order valence-electron chi connectivity index (χ3n) is 2.74. The summed E-state index contributed by atoms with van der Waals surface area (Å²) in [5.41, 5.74) is 0.958. The topological polar surface area (TPSA) is 59.8 Å². The van der Waals surface area contributed by atoms with E-state index in [1.54, 1.807) is 20.5 Å². The molecule has 0 unspecified atom stereocenters. The van der Waals surface area contributed by atoms with Gasteiger partial charge in [0.2, 0.25) is 0 Å². The summed E-state index contributed by atoms with van der Waals surface area (Å²) in [7, 11) is 3.37. The number of hydrogen-bond donors (Lipinski definition) is 1. The van der Waals surface area contributed by atoms with Crippen molar-refractivity contribution in [2.75, 3.05) is 45.4 Å². The Balaban J connectivity index is 2.59. The Morgan fingerprint density at radius 1 is 1.20 bits per heavy atom. The molecule has 0 aliphatic heterocycles. The first kappa shape index (κ1) is 16.9. The lowest BCUT2D eigenvalue weighted by molar-refractivity contribution is 0.188. The van der Waals surface area contributed by atoms with Crippen LogP contribution in [-0.2, 0) is 16.0 Å². The van der Waals surface area contributed by atoms with Gasteiger partial charge in [-0.1, -0.05) is 0 Å². The molecule has 1 N–H and O–H groups in total. The zero-order valence-corrected chi connectivity index (χ0v) is 13.2. The molecule has 1 aromatic rings. The average Bonchev–Trinajstić information content (AvgIpc) is 2.84. The number of methoxy groups -OCH3 is 2. The highest BCUT2D eigenvalue weighted by molar-refractivity contribution is 5.26. The van der Waals surface area contributed by atoms with Crippen molar-refractivity contribution in [1.82, 2.24) is 10.3 Å². The maximum atomic E-state index is 5.55. The van der Waals surface area contributed by atoms with Gasteiger partial charge in [-0.15, -0.1) is 0 Å². The van der Waals surface area contributed by atoms with Gasteiger partial charge >= 0.3 is 0 Å². The summed E-state index contributed by atoms with van der Waals surface area (Å²) in [6.07, 6.45) is 1.70. The van der Waals surface area contributed by atoms with Crippen LogP contribution in [0.2, 0.25) is 0 Å². The molecule has 0 atom stereocenters. The lowest BCUT2D eigenvalue weighted by Gasteiger charge is -2.20. The molecule has 0 aliphatic rings. The third-order valence-corrected chi connectivity index (χ3v) is 2.74. The highest BCUT2D eigenvalue weighted by Gasteiger charge is 2.14. The van der Waals surface area contributed by atoms with Crippen molar-refractivity contribution in [1.29, 1.82) is 0 Å². The van der Waals surface area contributed by atoms with E-state index in [0.29, 0.717) is 25.8 Å². The van der Waals surface area contributed by atoms with Gasteiger partial charge in [0, 0.05) is 39.4 Å². The maximum Gasteiger partial charge on any atom is 0.297 e. The maximum absolute atomic E-state index is 5.55. The van der Waals surface area contributed by atoms with Gasteiger partial charge in [0.15, 0.2) is 0 Å². The molecule has 0 saturated carbocycles. The van der Waals surface area contributed by atoms with Crippen LogP contribution < -0.4 is 10.2 Å². The van der Waals surface area contributed by atoms with E-state index in [9.17, 15) is 0 Å². The number of anilines is 1. The summed E-state index contributed by atoms with van der Waals surface area (Å²) in [5.74, 6) is 0. The van der Waals surface area contributed by atoms with Crippen LogP contribution in [0.25, 0.3) is 0 Å². The molecular formula is C14H27N3O3. The van der Waals surface area contributed by atoms with Crippen molar-refractivity contribution >= 4 is 6.01 Å². The SMILES string of the molecule is COCCN(CCOC)c1nc(CNC(C)(C)C)co1. The summed E-state index contributed by atoms with van der Waals surface area (Å²) in [6, 6.07) is 0.616. The Hall–Kier alpha value is -1.11. The monoisotopic (exact) mass is 285 g/mol. The minimum atomic E-state index is 0.0604. The summed E-state index contributed by atoms with van der Waals surface area (Å²) in [4.78, 5) is 6.53. The minimum Gasteiger partial charge on any atom is -0.432 e. The molecule has 1 rings (SSSR count). The zero-order chi connectivity index (χ0) is 15.0. The summed E-state index contributed by atoms with van der Waals surface area (Å²) >= 11 is 0. The largest absolute Gasteiger partial charge is 0.432 e. The van der Waals surface area contributed by atoms with Crippen molar-refractivity contribution in [2.24, 2.45) is 0 Å². The molecule has 0 fully saturated rings. The predicted octanol–water partition coefficient (Wildman–Crippen LogP) is 1.66. The van der Waals surface area contributed by atoms with E-state index in [4.69, 9.17) is 13.9 Å². The van der Waals surface area contributed by atoms with Crippen molar-refractivity contribution in [2.45, 2.75) is 32.9 Å². The van der Waals surface area contributed by atoms with Gasteiger partial charge in [-0.25, -0.2) is 0 Å². The molecule has 1 aromatic heterocycles. The van der Waals surface area contributed by atoms with Crippen molar-refractivity contribution in [3.8, 4) is 0 Å². The quantitative estimate of drug-likeness (QED) is 0.744. The fourth-order valence-corrected chi connectivity index (χ4v) is 1.58. The number of ether oxygens (including phenoxy) is 2. The van der Waals surface area contributed by atoms with Gasteiger partial charge in [-0.2, -0.15) is 4.98 Å². The fraction of sp³-hybridized carbons (Fsp3) is 0.786. The van der Waals surface area contributed by atoms with Gasteiger partial charge in [-0.3, -0.25) is 0 Å². The van der Waals surface area contributed by atoms with E-state index in [2.05, 4.69) is 31.1 Å². The molecule has 6 heteroatoms. The van der Waals surface area contributed by atoms with Gasteiger partial charge in [0.25, 0.3) is 6.01 Å². The van der Waals surface area contributed by atoms with Crippen LogP contribution >= 0.6 is 0 Å². The normalized spacial score (nSPS) is 11.8. The number of rotatable bonds is 9. The van der Waals surface area contributed by atoms with Gasteiger partial charge in [0.05, 0.1) is 18.9 Å². The van der Waals surface area contributed by atoms with Crippen LogP contribution in [0.3, 0.4) is 0 Å². The highest BCUT2D eigenvalue weighted by Crippen LogP contribution is 2.14. The number of oxazole rings is 1. The van der Waals surface area contributed by atoms with Crippen molar-refractivity contribution < 1.29 is 13.9 Å². The molecule has 116 valence electrons. The van der Waals surface area contributed by atoms with Crippen LogP contribution in [0.4, 0.5) is 6.01 Å². The average molecular weight is 285 g/mol. The van der Waals surface area contributed by atoms with Gasteiger partial charge < -0.3 is 24.1 Å². The smallest absolute Gasteiger partial charge is 0.297 e. The van der Waals surface area contributed by atoms with Crippen LogP contribution in [0.5, 0.6) is 0 Å². The second-order valence-electron chi connectivity index (χ2n) is 5.70. The molecule has 0 spiro atoms. The predicted molar refractivity (Wildman–Crippen MR) is 79.1 cm³/mol. The minimum absolute atomic E-state index is 0.0604. The van der Waals surface area contributed by atoms with E-state index in [-0.39, 0.29) is 5.54 Å². The Bertz CT molecular complexity index is 366. The molecule has 6 nitrogen and oxygen atoms in total. The molecular weight excluding hydrogens is 258 g/mol. The standard InChI is InChI=1S/C14H27N3O3/c1-14(2,3)15-10-12-11-20-13(16-12)17(6-8-18-4)7-9-19-5/h11,15H,6-10H2,1-5H3. The lowest BCUT2D eigenvalue weighted by atomic mass is 10.1. The number of nitrogens with one attached hydrogen (secondary N) is 1. The van der Waals surface area contributed by atoms with E-state index >= 15 is 0 Å². The molecule has 20 heavy (non-hydrogen) atoms. The highest BCUT2D eigenvalue weighted by atomic mass is 16.5. The molecule has 0 bridgehead atoms. The molecule has 0 amide bonds. The summed E-state index contributed by atoms with van der Waals surface area (Å²) < 4.78 is 15.8. The first-order chi connectivity index (χ1) is 9.46. The van der Waals surface area contributed by atoms with Crippen molar-refractivity contribution in [3.05, 3.63) is 12.0 Å². The van der Waals surface area contributed by atoms with Gasteiger partial charge in [-0.05, 0) is 20.8 Å². The van der Waals surface area contributed by atoms with Gasteiger partial charge in [0.1, 0.15) is 6.26 Å². The Morgan fingerprint density at radius 3 is 2.30 bits per heavy atom. The fourth-order valence-electron chi connectivity index (χ4n) is 1.58. The lowest BCUT2D eigenvalue weighted by Crippen LogP contribution is -2.35. The molecule has 0 aromatic carbocycles. The Morgan fingerprint density at radius 2 is 1.80 bits per heavy atom. The van der Waals surface area contributed by atoms with Crippen LogP contribution in [0.1, 0.15) is 26.5 Å². The number of aromatic nitrogens is 1. The number of nitrogens with zero attached hydrogens (tertiary/aromatic N) is 2. The zero-order valence-electron chi connectivity index (χ0n) is 13.2. The molecule has 0 radical (unpaired) electrons. The third kappa shape index (κ3) is 6.36. The van der Waals surface area contributed by atoms with E-state index in [1.165, 1.54) is 0 Å². The van der Waals surface area contributed by atoms with E-state index in [0.717, 1.165) is 18.8 Å². The van der Waals surface area contributed by atoms with Crippen LogP contribution in [-0.4, -0.2) is 51.0 Å². The number of hydrogen-bond acceptors (Lipinski definition) is 6. The van der Waals surface area contributed by atoms with Crippen LogP contribution in [0, 0.1) is 0 Å². The summed E-state index contributed by atoms with van der Waals surface area (Å²) in [6.45, 7) is 9.77. The second kappa shape index (κ2) is 8.24. The van der Waals surface area contributed by atoms with E-state index in [1.807, 2.05) is 4.90 Å². The first-order valence-corrected chi connectivity index (χ1v) is 6.88. The van der Waals surface area contributed by atoms with Crippen molar-refractivity contribution in [3.63, 3.8) is 0 Å². The van der Waals surface area contributed by atoms with E-state index < -0.39 is 0 Å². The Labute approximate surface area is 121 Å². The molecule has 0 saturated heterocycles. The Kier molecular flexibility index (Phi) is 6.98. The summed E-state index contributed by atoms with van der Waals surface area (Å²) in [5, 5.41) is 3.39. The molecule has 1 heterocycles.